The zero-order chi connectivity index (χ0) is 18.5. The molecule has 0 aliphatic heterocycles. The lowest BCUT2D eigenvalue weighted by atomic mass is 10.0. The summed E-state index contributed by atoms with van der Waals surface area (Å²) in [6.07, 6.45) is 0. The van der Waals surface area contributed by atoms with Gasteiger partial charge in [-0.15, -0.1) is 10.2 Å². The zero-order valence-corrected chi connectivity index (χ0v) is 16.0. The standard InChI is InChI=1S/C19H18ClN3O2S/c1-12(2)13-5-9-16(10-6-13)25-11-17(24)21-19-23-22-18(26-19)14-3-7-15(20)8-4-14/h3-10,12H,11H2,1-2H3,(H,21,23,24). The number of amides is 1. The van der Waals surface area contributed by atoms with Crippen LogP contribution in [-0.4, -0.2) is 22.7 Å². The summed E-state index contributed by atoms with van der Waals surface area (Å²) in [6, 6.07) is 15.0. The first-order valence-corrected chi connectivity index (χ1v) is 9.33. The Morgan fingerprint density at radius 3 is 2.46 bits per heavy atom. The molecule has 0 atom stereocenters. The number of nitrogens with zero attached hydrogens (tertiary/aromatic N) is 2. The molecular weight excluding hydrogens is 370 g/mol. The van der Waals surface area contributed by atoms with Crippen LogP contribution in [0.5, 0.6) is 5.75 Å². The second-order valence-electron chi connectivity index (χ2n) is 5.98. The molecule has 1 amide bonds. The van der Waals surface area contributed by atoms with Gasteiger partial charge in [0.05, 0.1) is 0 Å². The van der Waals surface area contributed by atoms with E-state index < -0.39 is 0 Å². The third-order valence-corrected chi connectivity index (χ3v) is 4.82. The van der Waals surface area contributed by atoms with E-state index in [0.717, 1.165) is 5.56 Å². The van der Waals surface area contributed by atoms with Crippen LogP contribution in [-0.2, 0) is 4.79 Å². The number of rotatable bonds is 6. The zero-order valence-electron chi connectivity index (χ0n) is 14.4. The Morgan fingerprint density at radius 1 is 1.12 bits per heavy atom. The lowest BCUT2D eigenvalue weighted by Crippen LogP contribution is -2.20. The first kappa shape index (κ1) is 18.4. The molecule has 0 unspecified atom stereocenters. The van der Waals surface area contributed by atoms with Gasteiger partial charge in [0.1, 0.15) is 10.8 Å². The van der Waals surface area contributed by atoms with Crippen molar-refractivity contribution in [3.63, 3.8) is 0 Å². The highest BCUT2D eigenvalue weighted by Crippen LogP contribution is 2.27. The summed E-state index contributed by atoms with van der Waals surface area (Å²) in [5.74, 6) is 0.833. The second kappa shape index (κ2) is 8.29. The predicted octanol–water partition coefficient (Wildman–Crippen LogP) is 5.00. The van der Waals surface area contributed by atoms with E-state index in [4.69, 9.17) is 16.3 Å². The van der Waals surface area contributed by atoms with E-state index in [2.05, 4.69) is 29.4 Å². The Labute approximate surface area is 161 Å². The highest BCUT2D eigenvalue weighted by molar-refractivity contribution is 7.18. The first-order valence-electron chi connectivity index (χ1n) is 8.13. The molecule has 1 heterocycles. The molecule has 2 aromatic carbocycles. The number of ether oxygens (including phenoxy) is 1. The van der Waals surface area contributed by atoms with Crippen molar-refractivity contribution in [1.29, 1.82) is 0 Å². The van der Waals surface area contributed by atoms with Crippen molar-refractivity contribution in [2.75, 3.05) is 11.9 Å². The molecule has 3 aromatic rings. The average molecular weight is 388 g/mol. The Kier molecular flexibility index (Phi) is 5.85. The third kappa shape index (κ3) is 4.80. The summed E-state index contributed by atoms with van der Waals surface area (Å²) in [7, 11) is 0. The Bertz CT molecular complexity index is 877. The van der Waals surface area contributed by atoms with Crippen molar-refractivity contribution < 1.29 is 9.53 Å². The fourth-order valence-electron chi connectivity index (χ4n) is 2.24. The van der Waals surface area contributed by atoms with Crippen molar-refractivity contribution in [3.8, 4) is 16.3 Å². The number of hydrogen-bond acceptors (Lipinski definition) is 5. The van der Waals surface area contributed by atoms with Crippen LogP contribution in [0.15, 0.2) is 48.5 Å². The van der Waals surface area contributed by atoms with Gasteiger partial charge in [0.25, 0.3) is 5.91 Å². The number of aromatic nitrogens is 2. The van der Waals surface area contributed by atoms with E-state index in [-0.39, 0.29) is 12.5 Å². The summed E-state index contributed by atoms with van der Waals surface area (Å²) in [5.41, 5.74) is 2.12. The number of anilines is 1. The van der Waals surface area contributed by atoms with Gasteiger partial charge in [-0.1, -0.05) is 61.1 Å². The van der Waals surface area contributed by atoms with Crippen LogP contribution in [0.1, 0.15) is 25.3 Å². The fourth-order valence-corrected chi connectivity index (χ4v) is 3.13. The SMILES string of the molecule is CC(C)c1ccc(OCC(=O)Nc2nnc(-c3ccc(Cl)cc3)s2)cc1. The van der Waals surface area contributed by atoms with Crippen LogP contribution in [0.4, 0.5) is 5.13 Å². The van der Waals surface area contributed by atoms with Gasteiger partial charge in [0.2, 0.25) is 5.13 Å². The van der Waals surface area contributed by atoms with E-state index in [1.165, 1.54) is 16.9 Å². The van der Waals surface area contributed by atoms with Crippen LogP contribution in [0.3, 0.4) is 0 Å². The highest BCUT2D eigenvalue weighted by Gasteiger charge is 2.10. The van der Waals surface area contributed by atoms with Crippen LogP contribution >= 0.6 is 22.9 Å². The maximum absolute atomic E-state index is 12.0. The van der Waals surface area contributed by atoms with Crippen molar-refractivity contribution in [2.24, 2.45) is 0 Å². The highest BCUT2D eigenvalue weighted by atomic mass is 35.5. The number of benzene rings is 2. The molecule has 134 valence electrons. The lowest BCUT2D eigenvalue weighted by molar-refractivity contribution is -0.118. The molecule has 0 saturated heterocycles. The van der Waals surface area contributed by atoms with Gasteiger partial charge in [-0.25, -0.2) is 0 Å². The molecule has 0 aliphatic rings. The molecule has 7 heteroatoms. The van der Waals surface area contributed by atoms with Crippen molar-refractivity contribution in [2.45, 2.75) is 19.8 Å². The first-order chi connectivity index (χ1) is 12.5. The maximum Gasteiger partial charge on any atom is 0.264 e. The number of carbonyl (C=O) groups is 1. The second-order valence-corrected chi connectivity index (χ2v) is 7.39. The molecule has 1 aromatic heterocycles. The molecule has 5 nitrogen and oxygen atoms in total. The lowest BCUT2D eigenvalue weighted by Gasteiger charge is -2.08. The minimum atomic E-state index is -0.281. The van der Waals surface area contributed by atoms with Gasteiger partial charge < -0.3 is 4.74 Å². The van der Waals surface area contributed by atoms with E-state index in [1.54, 1.807) is 12.1 Å². The van der Waals surface area contributed by atoms with E-state index >= 15 is 0 Å². The van der Waals surface area contributed by atoms with E-state index in [0.29, 0.717) is 26.8 Å². The van der Waals surface area contributed by atoms with Crippen LogP contribution in [0.2, 0.25) is 5.02 Å². The van der Waals surface area contributed by atoms with Crippen molar-refractivity contribution in [1.82, 2.24) is 10.2 Å². The molecule has 0 saturated carbocycles. The summed E-state index contributed by atoms with van der Waals surface area (Å²) < 4.78 is 5.51. The van der Waals surface area contributed by atoms with Crippen LogP contribution in [0.25, 0.3) is 10.6 Å². The Morgan fingerprint density at radius 2 is 1.81 bits per heavy atom. The number of halogens is 1. The van der Waals surface area contributed by atoms with Crippen molar-refractivity contribution in [3.05, 3.63) is 59.1 Å². The molecule has 3 rings (SSSR count). The molecule has 0 radical (unpaired) electrons. The van der Waals surface area contributed by atoms with Gasteiger partial charge in [-0.2, -0.15) is 0 Å². The molecule has 0 bridgehead atoms. The molecule has 1 N–H and O–H groups in total. The molecule has 0 aliphatic carbocycles. The minimum absolute atomic E-state index is 0.0864. The van der Waals surface area contributed by atoms with E-state index in [9.17, 15) is 4.79 Å². The van der Waals surface area contributed by atoms with Gasteiger partial charge in [-0.3, -0.25) is 10.1 Å². The third-order valence-electron chi connectivity index (χ3n) is 3.68. The topological polar surface area (TPSA) is 64.1 Å². The summed E-state index contributed by atoms with van der Waals surface area (Å²) in [4.78, 5) is 12.0. The average Bonchev–Trinajstić information content (AvgIpc) is 3.09. The Hall–Kier alpha value is -2.44. The molecule has 26 heavy (non-hydrogen) atoms. The fraction of sp³-hybridized carbons (Fsp3) is 0.211. The maximum atomic E-state index is 12.0. The quantitative estimate of drug-likeness (QED) is 0.646. The molecular formula is C19H18ClN3O2S. The number of hydrogen-bond donors (Lipinski definition) is 1. The predicted molar refractivity (Wildman–Crippen MR) is 105 cm³/mol. The molecule has 0 spiro atoms. The summed E-state index contributed by atoms with van der Waals surface area (Å²) >= 11 is 7.17. The van der Waals surface area contributed by atoms with Crippen LogP contribution < -0.4 is 10.1 Å². The number of nitrogens with one attached hydrogen (secondary N) is 1. The minimum Gasteiger partial charge on any atom is -0.484 e. The summed E-state index contributed by atoms with van der Waals surface area (Å²) in [5, 5.41) is 12.6. The number of carbonyl (C=O) groups excluding carboxylic acids is 1. The van der Waals surface area contributed by atoms with Gasteiger partial charge in [0.15, 0.2) is 6.61 Å². The van der Waals surface area contributed by atoms with Crippen LogP contribution in [0, 0.1) is 0 Å². The smallest absolute Gasteiger partial charge is 0.264 e. The largest absolute Gasteiger partial charge is 0.484 e. The van der Waals surface area contributed by atoms with Gasteiger partial charge in [0, 0.05) is 10.6 Å². The van der Waals surface area contributed by atoms with Gasteiger partial charge >= 0.3 is 0 Å². The monoisotopic (exact) mass is 387 g/mol. The Balaban J connectivity index is 1.54. The normalized spacial score (nSPS) is 10.8. The van der Waals surface area contributed by atoms with Crippen molar-refractivity contribution >= 4 is 34.0 Å². The van der Waals surface area contributed by atoms with E-state index in [1.807, 2.05) is 36.4 Å². The molecule has 0 fully saturated rings. The van der Waals surface area contributed by atoms with Gasteiger partial charge in [-0.05, 0) is 35.7 Å². The summed E-state index contributed by atoms with van der Waals surface area (Å²) in [6.45, 7) is 4.17.